The van der Waals surface area contributed by atoms with Crippen molar-refractivity contribution in [2.24, 2.45) is 11.1 Å². The van der Waals surface area contributed by atoms with Crippen LogP contribution in [-0.2, 0) is 0 Å². The summed E-state index contributed by atoms with van der Waals surface area (Å²) < 4.78 is 0. The normalized spacial score (nSPS) is 13.2. The molecule has 2 heteroatoms. The van der Waals surface area contributed by atoms with E-state index >= 15 is 0 Å². The molecule has 0 aliphatic heterocycles. The van der Waals surface area contributed by atoms with E-state index in [0.717, 1.165) is 5.57 Å². The molecule has 0 heterocycles. The van der Waals surface area contributed by atoms with E-state index in [9.17, 15) is 0 Å². The van der Waals surface area contributed by atoms with Gasteiger partial charge in [0.25, 0.3) is 0 Å². The Hall–Kier alpha value is -1.23. The number of nitrogens with two attached hydrogens (primary N) is 1. The van der Waals surface area contributed by atoms with E-state index in [0.29, 0.717) is 11.3 Å². The van der Waals surface area contributed by atoms with Crippen LogP contribution in [0.5, 0.6) is 0 Å². The Labute approximate surface area is 74.4 Å². The van der Waals surface area contributed by atoms with Gasteiger partial charge in [0.2, 0.25) is 0 Å². The number of hydrogen-bond acceptors (Lipinski definition) is 2. The van der Waals surface area contributed by atoms with Gasteiger partial charge in [0.15, 0.2) is 0 Å². The molecule has 2 nitrogen and oxygen atoms in total. The zero-order valence-electron chi connectivity index (χ0n) is 8.23. The van der Waals surface area contributed by atoms with E-state index in [1.807, 2.05) is 20.8 Å². The molecule has 0 atom stereocenters. The Morgan fingerprint density at radius 1 is 1.42 bits per heavy atom. The Kier molecular flexibility index (Phi) is 3.09. The van der Waals surface area contributed by atoms with Crippen molar-refractivity contribution in [3.63, 3.8) is 0 Å². The fourth-order valence-electron chi connectivity index (χ4n) is 0.769. The summed E-state index contributed by atoms with van der Waals surface area (Å²) in [4.78, 5) is 0. The van der Waals surface area contributed by atoms with Crippen LogP contribution in [0.3, 0.4) is 0 Å². The fourth-order valence-corrected chi connectivity index (χ4v) is 0.769. The van der Waals surface area contributed by atoms with Crippen molar-refractivity contribution in [3.05, 3.63) is 23.4 Å². The van der Waals surface area contributed by atoms with Gasteiger partial charge in [-0.15, -0.1) is 0 Å². The van der Waals surface area contributed by atoms with E-state index in [4.69, 9.17) is 11.0 Å². The zero-order valence-corrected chi connectivity index (χ0v) is 8.23. The van der Waals surface area contributed by atoms with Crippen molar-refractivity contribution in [2.45, 2.75) is 27.7 Å². The van der Waals surface area contributed by atoms with Crippen molar-refractivity contribution in [2.75, 3.05) is 0 Å². The first-order valence-corrected chi connectivity index (χ1v) is 3.87. The minimum Gasteiger partial charge on any atom is -0.401 e. The second-order valence-electron chi connectivity index (χ2n) is 3.90. The highest BCUT2D eigenvalue weighted by molar-refractivity contribution is 5.45. The van der Waals surface area contributed by atoms with Gasteiger partial charge in [-0.05, 0) is 17.9 Å². The molecule has 0 aromatic carbocycles. The minimum absolute atomic E-state index is 0.0916. The van der Waals surface area contributed by atoms with Gasteiger partial charge in [-0.2, -0.15) is 5.26 Å². The highest BCUT2D eigenvalue weighted by Crippen LogP contribution is 2.29. The molecule has 0 radical (unpaired) electrons. The Bertz CT molecular complexity index is 255. The van der Waals surface area contributed by atoms with Crippen LogP contribution in [0.25, 0.3) is 0 Å². The maximum atomic E-state index is 8.78. The molecule has 66 valence electrons. The smallest absolute Gasteiger partial charge is 0.101 e. The van der Waals surface area contributed by atoms with E-state index < -0.39 is 0 Å². The number of hydrogen-bond donors (Lipinski definition) is 1. The lowest BCUT2D eigenvalue weighted by Gasteiger charge is -2.21. The summed E-state index contributed by atoms with van der Waals surface area (Å²) >= 11 is 0. The van der Waals surface area contributed by atoms with Crippen LogP contribution in [-0.4, -0.2) is 0 Å². The Balaban J connectivity index is 4.98. The average molecular weight is 164 g/mol. The number of nitriles is 1. The molecule has 0 aromatic rings. The van der Waals surface area contributed by atoms with Crippen molar-refractivity contribution in [1.82, 2.24) is 0 Å². The Morgan fingerprint density at radius 2 is 1.83 bits per heavy atom. The van der Waals surface area contributed by atoms with E-state index in [-0.39, 0.29) is 5.41 Å². The first-order chi connectivity index (χ1) is 5.30. The van der Waals surface area contributed by atoms with Crippen LogP contribution in [0, 0.1) is 16.7 Å². The topological polar surface area (TPSA) is 49.8 Å². The van der Waals surface area contributed by atoms with Crippen LogP contribution in [0.4, 0.5) is 0 Å². The predicted molar refractivity (Wildman–Crippen MR) is 51.1 cm³/mol. The molecule has 0 bridgehead atoms. The highest BCUT2D eigenvalue weighted by atomic mass is 14.6. The summed E-state index contributed by atoms with van der Waals surface area (Å²) in [6.45, 7) is 11.6. The van der Waals surface area contributed by atoms with E-state index in [1.54, 1.807) is 6.92 Å². The molecule has 0 saturated heterocycles. The van der Waals surface area contributed by atoms with Gasteiger partial charge < -0.3 is 5.73 Å². The molecule has 0 amide bonds. The van der Waals surface area contributed by atoms with Crippen LogP contribution in [0.1, 0.15) is 27.7 Å². The maximum Gasteiger partial charge on any atom is 0.101 e. The number of allylic oxidation sites excluding steroid dienone is 3. The molecule has 12 heavy (non-hydrogen) atoms. The van der Waals surface area contributed by atoms with Crippen LogP contribution >= 0.6 is 0 Å². The summed E-state index contributed by atoms with van der Waals surface area (Å²) in [6, 6.07) is 2.06. The lowest BCUT2D eigenvalue weighted by molar-refractivity contribution is 0.514. The molecule has 2 N–H and O–H groups in total. The molecule has 0 aliphatic carbocycles. The Morgan fingerprint density at radius 3 is 1.92 bits per heavy atom. The van der Waals surface area contributed by atoms with Gasteiger partial charge in [-0.25, -0.2) is 0 Å². The number of nitrogens with zero attached hydrogens (tertiary/aromatic N) is 1. The van der Waals surface area contributed by atoms with Gasteiger partial charge in [-0.3, -0.25) is 0 Å². The third kappa shape index (κ3) is 2.43. The van der Waals surface area contributed by atoms with E-state index in [1.165, 1.54) is 0 Å². The molecule has 0 unspecified atom stereocenters. The quantitative estimate of drug-likeness (QED) is 0.477. The summed E-state index contributed by atoms with van der Waals surface area (Å²) in [5.41, 5.74) is 7.30. The van der Waals surface area contributed by atoms with Crippen LogP contribution in [0.2, 0.25) is 0 Å². The SMILES string of the molecule is C=C(/C(C#N)=C(/C)N)C(C)(C)C. The predicted octanol–water partition coefficient (Wildman–Crippen LogP) is 2.34. The van der Waals surface area contributed by atoms with Crippen LogP contribution < -0.4 is 5.73 Å². The van der Waals surface area contributed by atoms with Gasteiger partial charge in [0.05, 0.1) is 5.57 Å². The van der Waals surface area contributed by atoms with Gasteiger partial charge in [-0.1, -0.05) is 27.4 Å². The first kappa shape index (κ1) is 10.8. The molecule has 0 aromatic heterocycles. The highest BCUT2D eigenvalue weighted by Gasteiger charge is 2.19. The standard InChI is InChI=1S/C10H16N2/c1-7(10(3,4)5)9(6-11)8(2)12/h1,12H2,2-5H3/b9-8-. The van der Waals surface area contributed by atoms with Gasteiger partial charge in [0.1, 0.15) is 6.07 Å². The lowest BCUT2D eigenvalue weighted by atomic mass is 9.83. The van der Waals surface area contributed by atoms with Crippen molar-refractivity contribution in [1.29, 1.82) is 5.26 Å². The van der Waals surface area contributed by atoms with Crippen molar-refractivity contribution >= 4 is 0 Å². The second kappa shape index (κ2) is 3.44. The second-order valence-corrected chi connectivity index (χ2v) is 3.90. The number of rotatable bonds is 1. The molecular formula is C10H16N2. The maximum absolute atomic E-state index is 8.78. The monoisotopic (exact) mass is 164 g/mol. The molecule has 0 fully saturated rings. The summed E-state index contributed by atoms with van der Waals surface area (Å²) in [7, 11) is 0. The lowest BCUT2D eigenvalue weighted by Crippen LogP contribution is -2.12. The third-order valence-electron chi connectivity index (χ3n) is 1.71. The summed E-state index contributed by atoms with van der Waals surface area (Å²) in [6.07, 6.45) is 0. The molecule has 0 rings (SSSR count). The molecule has 0 spiro atoms. The summed E-state index contributed by atoms with van der Waals surface area (Å²) in [5.74, 6) is 0. The molecular weight excluding hydrogens is 148 g/mol. The third-order valence-corrected chi connectivity index (χ3v) is 1.71. The van der Waals surface area contributed by atoms with E-state index in [2.05, 4.69) is 12.6 Å². The molecule has 0 saturated carbocycles. The van der Waals surface area contributed by atoms with Crippen LogP contribution in [0.15, 0.2) is 23.4 Å². The van der Waals surface area contributed by atoms with Crippen molar-refractivity contribution in [3.8, 4) is 6.07 Å². The molecule has 0 aliphatic rings. The minimum atomic E-state index is -0.0916. The van der Waals surface area contributed by atoms with Crippen molar-refractivity contribution < 1.29 is 0 Å². The largest absolute Gasteiger partial charge is 0.401 e. The first-order valence-electron chi connectivity index (χ1n) is 3.87. The summed E-state index contributed by atoms with van der Waals surface area (Å²) in [5, 5.41) is 8.78. The zero-order chi connectivity index (χ0) is 9.94. The van der Waals surface area contributed by atoms with Gasteiger partial charge >= 0.3 is 0 Å². The fraction of sp³-hybridized carbons (Fsp3) is 0.500. The average Bonchev–Trinajstić information content (AvgIpc) is 1.86. The van der Waals surface area contributed by atoms with Gasteiger partial charge in [0, 0.05) is 5.70 Å².